The summed E-state index contributed by atoms with van der Waals surface area (Å²) in [6, 6.07) is 16.2. The SMILES string of the molecule is CC(C)(NC1(C(=O)O)CC1)OC(=O)c1ccc(-c2ccc(C3CC34CCNCC4)cc2)cc1. The maximum atomic E-state index is 12.6. The number of nitrogens with one attached hydrogen (secondary N) is 2. The third-order valence-electron chi connectivity index (χ3n) is 7.60. The molecule has 3 aliphatic rings. The Labute approximate surface area is 194 Å². The van der Waals surface area contributed by atoms with Crippen LogP contribution in [0.5, 0.6) is 0 Å². The largest absolute Gasteiger partial charge is 0.480 e. The minimum absolute atomic E-state index is 0.441. The lowest BCUT2D eigenvalue weighted by molar-refractivity contribution is -0.143. The zero-order valence-corrected chi connectivity index (χ0v) is 19.3. The van der Waals surface area contributed by atoms with Crippen molar-refractivity contribution in [2.45, 2.75) is 63.1 Å². The number of hydrogen-bond donors (Lipinski definition) is 3. The normalized spacial score (nSPS) is 22.5. The molecule has 3 fully saturated rings. The molecule has 1 atom stereocenters. The Bertz CT molecular complexity index is 1050. The van der Waals surface area contributed by atoms with E-state index in [2.05, 4.69) is 34.9 Å². The summed E-state index contributed by atoms with van der Waals surface area (Å²) in [5.41, 5.74) is 2.52. The molecule has 2 saturated carbocycles. The average molecular weight is 449 g/mol. The molecule has 1 aliphatic heterocycles. The van der Waals surface area contributed by atoms with Crippen LogP contribution >= 0.6 is 0 Å². The summed E-state index contributed by atoms with van der Waals surface area (Å²) >= 11 is 0. The molecule has 0 radical (unpaired) electrons. The fourth-order valence-corrected chi connectivity index (χ4v) is 5.41. The lowest BCUT2D eigenvalue weighted by atomic mass is 9.89. The van der Waals surface area contributed by atoms with E-state index in [1.807, 2.05) is 12.1 Å². The number of benzene rings is 2. The molecule has 174 valence electrons. The quantitative estimate of drug-likeness (QED) is 0.432. The molecule has 0 bridgehead atoms. The number of aliphatic carboxylic acids is 1. The highest BCUT2D eigenvalue weighted by atomic mass is 16.6. The minimum atomic E-state index is -1.07. The van der Waals surface area contributed by atoms with Crippen LogP contribution in [0.3, 0.4) is 0 Å². The Kier molecular flexibility index (Phi) is 5.33. The number of piperidine rings is 1. The number of carboxylic acids is 1. The average Bonchev–Trinajstić information content (AvgIpc) is 3.71. The van der Waals surface area contributed by atoms with Crippen LogP contribution in [0.4, 0.5) is 0 Å². The van der Waals surface area contributed by atoms with Gasteiger partial charge in [0.1, 0.15) is 5.54 Å². The Morgan fingerprint density at radius 3 is 2.09 bits per heavy atom. The summed E-state index contributed by atoms with van der Waals surface area (Å²) in [4.78, 5) is 24.1. The van der Waals surface area contributed by atoms with Gasteiger partial charge in [-0.3, -0.25) is 10.1 Å². The fourth-order valence-electron chi connectivity index (χ4n) is 5.41. The molecule has 0 aromatic heterocycles. The minimum Gasteiger partial charge on any atom is -0.480 e. The first-order valence-electron chi connectivity index (χ1n) is 11.9. The predicted molar refractivity (Wildman–Crippen MR) is 126 cm³/mol. The second-order valence-electron chi connectivity index (χ2n) is 10.5. The van der Waals surface area contributed by atoms with Gasteiger partial charge in [-0.15, -0.1) is 0 Å². The number of esters is 1. The van der Waals surface area contributed by atoms with Crippen molar-refractivity contribution in [3.05, 3.63) is 59.7 Å². The van der Waals surface area contributed by atoms with Crippen molar-refractivity contribution < 1.29 is 19.4 Å². The van der Waals surface area contributed by atoms with E-state index >= 15 is 0 Å². The molecule has 1 unspecified atom stereocenters. The van der Waals surface area contributed by atoms with E-state index in [9.17, 15) is 14.7 Å². The Morgan fingerprint density at radius 2 is 1.55 bits per heavy atom. The molecule has 3 N–H and O–H groups in total. The van der Waals surface area contributed by atoms with Crippen molar-refractivity contribution in [1.29, 1.82) is 0 Å². The first-order chi connectivity index (χ1) is 15.7. The van der Waals surface area contributed by atoms with Crippen LogP contribution < -0.4 is 10.6 Å². The van der Waals surface area contributed by atoms with Crippen LogP contribution in [0.25, 0.3) is 11.1 Å². The zero-order valence-electron chi connectivity index (χ0n) is 19.3. The van der Waals surface area contributed by atoms with Gasteiger partial charge in [0, 0.05) is 0 Å². The van der Waals surface area contributed by atoms with Gasteiger partial charge in [-0.1, -0.05) is 36.4 Å². The summed E-state index contributed by atoms with van der Waals surface area (Å²) in [5.74, 6) is -0.690. The van der Waals surface area contributed by atoms with Crippen molar-refractivity contribution in [2.24, 2.45) is 5.41 Å². The van der Waals surface area contributed by atoms with Crippen LogP contribution in [-0.4, -0.2) is 41.4 Å². The van der Waals surface area contributed by atoms with E-state index in [1.54, 1.807) is 26.0 Å². The van der Waals surface area contributed by atoms with Crippen molar-refractivity contribution in [2.75, 3.05) is 13.1 Å². The zero-order chi connectivity index (χ0) is 23.3. The molecule has 0 amide bonds. The van der Waals surface area contributed by atoms with Gasteiger partial charge in [0.15, 0.2) is 5.72 Å². The number of carbonyl (C=O) groups is 2. The van der Waals surface area contributed by atoms with Crippen LogP contribution in [0, 0.1) is 5.41 Å². The van der Waals surface area contributed by atoms with Crippen molar-refractivity contribution in [3.63, 3.8) is 0 Å². The van der Waals surface area contributed by atoms with Gasteiger partial charge < -0.3 is 15.2 Å². The molecular weight excluding hydrogens is 416 g/mol. The van der Waals surface area contributed by atoms with Gasteiger partial charge in [-0.05, 0) is 99.2 Å². The molecule has 2 aromatic rings. The van der Waals surface area contributed by atoms with E-state index in [4.69, 9.17) is 4.74 Å². The second kappa shape index (κ2) is 7.96. The van der Waals surface area contributed by atoms with Gasteiger partial charge in [0.25, 0.3) is 0 Å². The fraction of sp³-hybridized carbons (Fsp3) is 0.481. The first kappa shape index (κ1) is 22.1. The summed E-state index contributed by atoms with van der Waals surface area (Å²) in [5, 5.41) is 15.8. The lowest BCUT2D eigenvalue weighted by Crippen LogP contribution is -2.53. The number of ether oxygens (including phenoxy) is 1. The maximum Gasteiger partial charge on any atom is 0.339 e. The third kappa shape index (κ3) is 4.42. The predicted octanol–water partition coefficient (Wildman–Crippen LogP) is 4.31. The number of hydrogen-bond acceptors (Lipinski definition) is 5. The highest BCUT2D eigenvalue weighted by Gasteiger charge is 2.54. The Hall–Kier alpha value is -2.70. The molecule has 1 heterocycles. The summed E-state index contributed by atoms with van der Waals surface area (Å²) in [6.45, 7) is 5.63. The highest BCUT2D eigenvalue weighted by molar-refractivity contribution is 5.90. The first-order valence-corrected chi connectivity index (χ1v) is 11.9. The van der Waals surface area contributed by atoms with E-state index in [1.165, 1.54) is 24.8 Å². The van der Waals surface area contributed by atoms with E-state index in [0.29, 0.717) is 29.7 Å². The topological polar surface area (TPSA) is 87.7 Å². The Morgan fingerprint density at radius 1 is 0.970 bits per heavy atom. The Balaban J connectivity index is 1.21. The summed E-state index contributed by atoms with van der Waals surface area (Å²) in [6.07, 6.45) is 4.94. The highest BCUT2D eigenvalue weighted by Crippen LogP contribution is 2.64. The molecular formula is C27H32N2O4. The molecule has 2 aliphatic carbocycles. The van der Waals surface area contributed by atoms with Crippen LogP contribution in [-0.2, 0) is 9.53 Å². The lowest BCUT2D eigenvalue weighted by Gasteiger charge is -2.30. The second-order valence-corrected chi connectivity index (χ2v) is 10.5. The van der Waals surface area contributed by atoms with Crippen molar-refractivity contribution in [3.8, 4) is 11.1 Å². The maximum absolute atomic E-state index is 12.6. The van der Waals surface area contributed by atoms with E-state index in [0.717, 1.165) is 24.2 Å². The molecule has 2 aromatic carbocycles. The van der Waals surface area contributed by atoms with Gasteiger partial charge >= 0.3 is 11.9 Å². The van der Waals surface area contributed by atoms with Gasteiger partial charge in [0.05, 0.1) is 5.56 Å². The molecule has 1 spiro atoms. The molecule has 33 heavy (non-hydrogen) atoms. The standard InChI is InChI=1S/C27H32N2O4/c1-25(2,29-27(11-12-27)24(31)32)33-23(30)21-9-5-19(6-10-21)18-3-7-20(8-4-18)22-17-26(22)13-15-28-16-14-26/h3-10,22,28-29H,11-17H2,1-2H3,(H,31,32). The van der Waals surface area contributed by atoms with Crippen molar-refractivity contribution >= 4 is 11.9 Å². The monoisotopic (exact) mass is 448 g/mol. The summed E-state index contributed by atoms with van der Waals surface area (Å²) in [7, 11) is 0. The molecule has 6 nitrogen and oxygen atoms in total. The van der Waals surface area contributed by atoms with E-state index < -0.39 is 23.2 Å². The molecule has 5 rings (SSSR count). The van der Waals surface area contributed by atoms with Gasteiger partial charge in [0.2, 0.25) is 0 Å². The third-order valence-corrected chi connectivity index (χ3v) is 7.60. The van der Waals surface area contributed by atoms with E-state index in [-0.39, 0.29) is 0 Å². The molecule has 6 heteroatoms. The van der Waals surface area contributed by atoms with Crippen LogP contribution in [0.2, 0.25) is 0 Å². The summed E-state index contributed by atoms with van der Waals surface area (Å²) < 4.78 is 5.58. The smallest absolute Gasteiger partial charge is 0.339 e. The van der Waals surface area contributed by atoms with Crippen LogP contribution in [0.15, 0.2) is 48.5 Å². The van der Waals surface area contributed by atoms with Crippen molar-refractivity contribution in [1.82, 2.24) is 10.6 Å². The van der Waals surface area contributed by atoms with Gasteiger partial charge in [-0.2, -0.15) is 0 Å². The van der Waals surface area contributed by atoms with Gasteiger partial charge in [-0.25, -0.2) is 4.79 Å². The molecule has 1 saturated heterocycles. The number of rotatable bonds is 7. The number of carbonyl (C=O) groups excluding carboxylic acids is 1. The van der Waals surface area contributed by atoms with Crippen LogP contribution in [0.1, 0.15) is 67.8 Å². The number of carboxylic acid groups (broad SMARTS) is 1.